The van der Waals surface area contributed by atoms with Gasteiger partial charge in [-0.2, -0.15) is 0 Å². The summed E-state index contributed by atoms with van der Waals surface area (Å²) in [5, 5.41) is 4.63. The van der Waals surface area contributed by atoms with Gasteiger partial charge in [-0.1, -0.05) is 0 Å². The van der Waals surface area contributed by atoms with Crippen molar-refractivity contribution in [1.82, 2.24) is 0 Å². The van der Waals surface area contributed by atoms with Gasteiger partial charge in [-0.25, -0.2) is 0 Å². The summed E-state index contributed by atoms with van der Waals surface area (Å²) in [5.74, 6) is 0. The highest BCUT2D eigenvalue weighted by atomic mass is 35.5. The fraction of sp³-hybridized carbons (Fsp3) is 0. The predicted molar refractivity (Wildman–Crippen MR) is 18.1 cm³/mol. The average Bonchev–Trinajstić information content (AvgIpc) is 1.38. The predicted octanol–water partition coefficient (Wildman–Crippen LogP) is -1.77. The molecule has 5 heavy (non-hydrogen) atoms. The quantitative estimate of drug-likeness (QED) is 0.276. The molecule has 0 heterocycles. The van der Waals surface area contributed by atoms with Crippen molar-refractivity contribution in [1.29, 1.82) is 0 Å². The van der Waals surface area contributed by atoms with Crippen molar-refractivity contribution in [3.05, 3.63) is 0 Å². The van der Waals surface area contributed by atoms with Crippen LogP contribution in [0.25, 0.3) is 0 Å². The lowest BCUT2D eigenvalue weighted by Gasteiger charge is -1.72. The van der Waals surface area contributed by atoms with E-state index in [1.165, 1.54) is 0 Å². The molecule has 4 N–H and O–H groups in total. The SMILES string of the molecule is NC(=[NH2+])OCl. The van der Waals surface area contributed by atoms with Crippen LogP contribution in [0, 0.1) is 0 Å². The maximum atomic E-state index is 4.63. The molecule has 30 valence electrons. The number of nitrogens with two attached hydrogens (primary N) is 2. The van der Waals surface area contributed by atoms with Gasteiger partial charge in [0.05, 0.1) is 0 Å². The van der Waals surface area contributed by atoms with Crippen LogP contribution in [0.2, 0.25) is 0 Å². The number of hydrogen-bond donors (Lipinski definition) is 2. The van der Waals surface area contributed by atoms with Gasteiger partial charge in [-0.3, -0.25) is 11.1 Å². The van der Waals surface area contributed by atoms with Crippen molar-refractivity contribution < 1.29 is 9.70 Å². The Kier molecular flexibility index (Phi) is 1.68. The number of amidine groups is 1. The molecule has 4 heteroatoms. The Bertz CT molecular complexity index is 44.9. The normalized spacial score (nSPS) is 6.60. The smallest absolute Gasteiger partial charge is 0.312 e. The van der Waals surface area contributed by atoms with Gasteiger partial charge in [-0.15, -0.1) is 0 Å². The second-order valence-electron chi connectivity index (χ2n) is 0.480. The van der Waals surface area contributed by atoms with E-state index in [0.717, 1.165) is 0 Å². The van der Waals surface area contributed by atoms with Crippen LogP contribution in [-0.2, 0) is 4.29 Å². The van der Waals surface area contributed by atoms with Gasteiger partial charge in [-0.05, 0) is 0 Å². The zero-order valence-corrected chi connectivity index (χ0v) is 3.20. The molecule has 0 saturated carbocycles. The minimum atomic E-state index is -0.230. The van der Waals surface area contributed by atoms with Crippen LogP contribution in [0.5, 0.6) is 0 Å². The molecule has 0 aromatic heterocycles. The molecule has 0 aromatic carbocycles. The van der Waals surface area contributed by atoms with Crippen LogP contribution in [0.1, 0.15) is 0 Å². The van der Waals surface area contributed by atoms with Crippen LogP contribution in [-0.4, -0.2) is 6.02 Å². The first-order valence-corrected chi connectivity index (χ1v) is 1.24. The molecular weight excluding hydrogens is 91.5 g/mol. The second kappa shape index (κ2) is 1.84. The fourth-order valence-corrected chi connectivity index (χ4v) is 0. The molecule has 0 fully saturated rings. The summed E-state index contributed by atoms with van der Waals surface area (Å²) in [7, 11) is 0. The van der Waals surface area contributed by atoms with Crippen molar-refractivity contribution in [3.63, 3.8) is 0 Å². The molecule has 3 nitrogen and oxygen atoms in total. The summed E-state index contributed by atoms with van der Waals surface area (Å²) < 4.78 is 3.69. The van der Waals surface area contributed by atoms with E-state index < -0.39 is 0 Å². The molecule has 0 saturated heterocycles. The molecule has 0 bridgehead atoms. The van der Waals surface area contributed by atoms with E-state index in [9.17, 15) is 0 Å². The highest BCUT2D eigenvalue weighted by Gasteiger charge is 1.83. The van der Waals surface area contributed by atoms with E-state index in [0.29, 0.717) is 0 Å². The third-order valence-corrected chi connectivity index (χ3v) is 0.267. The van der Waals surface area contributed by atoms with E-state index in [1.54, 1.807) is 0 Å². The van der Waals surface area contributed by atoms with Crippen LogP contribution in [0.15, 0.2) is 0 Å². The van der Waals surface area contributed by atoms with Gasteiger partial charge < -0.3 is 4.29 Å². The summed E-state index contributed by atoms with van der Waals surface area (Å²) in [6.45, 7) is 0. The molecule has 0 aliphatic rings. The van der Waals surface area contributed by atoms with Gasteiger partial charge in [0.15, 0.2) is 0 Å². The molecule has 0 atom stereocenters. The number of halogens is 1. The van der Waals surface area contributed by atoms with Crippen LogP contribution < -0.4 is 11.1 Å². The highest BCUT2D eigenvalue weighted by molar-refractivity contribution is 6.12. The monoisotopic (exact) mass is 95.0 g/mol. The van der Waals surface area contributed by atoms with Gasteiger partial charge in [0.2, 0.25) is 0 Å². The minimum Gasteiger partial charge on any atom is -0.312 e. The van der Waals surface area contributed by atoms with E-state index >= 15 is 0 Å². The maximum absolute atomic E-state index is 4.63. The molecule has 0 aromatic rings. The Morgan fingerprint density at radius 2 is 2.20 bits per heavy atom. The maximum Gasteiger partial charge on any atom is 0.456 e. The lowest BCUT2D eigenvalue weighted by molar-refractivity contribution is -0.132. The van der Waals surface area contributed by atoms with Crippen molar-refractivity contribution in [2.75, 3.05) is 0 Å². The first-order valence-electron chi connectivity index (χ1n) is 0.936. The van der Waals surface area contributed by atoms with Gasteiger partial charge in [0.25, 0.3) is 0 Å². The first-order chi connectivity index (χ1) is 2.27. The van der Waals surface area contributed by atoms with Crippen LogP contribution in [0.4, 0.5) is 0 Å². The Hall–Kier alpha value is -0.440. The van der Waals surface area contributed by atoms with Crippen molar-refractivity contribution >= 4 is 17.9 Å². The Morgan fingerprint density at radius 1 is 2.00 bits per heavy atom. The molecule has 0 unspecified atom stereocenters. The zero-order chi connectivity index (χ0) is 4.28. The standard InChI is InChI=1S/CH3ClN2O/c2-5-1(3)4/h(H3,3,4)/p+1. The number of rotatable bonds is 0. The largest absolute Gasteiger partial charge is 0.456 e. The highest BCUT2D eigenvalue weighted by Crippen LogP contribution is 1.66. The molecule has 0 radical (unpaired) electrons. The van der Waals surface area contributed by atoms with Crippen molar-refractivity contribution in [2.45, 2.75) is 0 Å². The molecule has 0 spiro atoms. The van der Waals surface area contributed by atoms with E-state index in [1.807, 2.05) is 0 Å². The summed E-state index contributed by atoms with van der Waals surface area (Å²) in [6, 6.07) is -0.230. The first kappa shape index (κ1) is 4.56. The van der Waals surface area contributed by atoms with E-state index in [-0.39, 0.29) is 6.02 Å². The van der Waals surface area contributed by atoms with Crippen molar-refractivity contribution in [2.24, 2.45) is 5.73 Å². The average molecular weight is 95.5 g/mol. The Morgan fingerprint density at radius 3 is 2.20 bits per heavy atom. The summed E-state index contributed by atoms with van der Waals surface area (Å²) in [6.07, 6.45) is 0. The van der Waals surface area contributed by atoms with Crippen LogP contribution >= 0.6 is 11.9 Å². The molecule has 0 rings (SSSR count). The van der Waals surface area contributed by atoms with Crippen LogP contribution in [0.3, 0.4) is 0 Å². The molecule has 0 amide bonds. The van der Waals surface area contributed by atoms with Gasteiger partial charge in [0.1, 0.15) is 11.9 Å². The van der Waals surface area contributed by atoms with Gasteiger partial charge in [0, 0.05) is 0 Å². The summed E-state index contributed by atoms with van der Waals surface area (Å²) in [5.41, 5.74) is 4.63. The Labute approximate surface area is 34.4 Å². The summed E-state index contributed by atoms with van der Waals surface area (Å²) >= 11 is 4.55. The molecule has 0 aliphatic carbocycles. The lowest BCUT2D eigenvalue weighted by atomic mass is 11.3. The second-order valence-corrected chi connectivity index (χ2v) is 0.634. The fourth-order valence-electron chi connectivity index (χ4n) is 0. The number of hydrogen-bond acceptors (Lipinski definition) is 1. The van der Waals surface area contributed by atoms with Crippen molar-refractivity contribution in [3.8, 4) is 0 Å². The topological polar surface area (TPSA) is 60.8 Å². The lowest BCUT2D eigenvalue weighted by Crippen LogP contribution is -2.45. The third-order valence-electron chi connectivity index (χ3n) is 0.0891. The molecular formula is CH4ClN2O+. The van der Waals surface area contributed by atoms with E-state index in [4.69, 9.17) is 0 Å². The van der Waals surface area contributed by atoms with Gasteiger partial charge >= 0.3 is 6.02 Å². The minimum absolute atomic E-state index is 0.230. The third kappa shape index (κ3) is 3.56. The van der Waals surface area contributed by atoms with E-state index in [2.05, 4.69) is 27.3 Å². The summed E-state index contributed by atoms with van der Waals surface area (Å²) in [4.78, 5) is 0. The molecule has 0 aliphatic heterocycles. The zero-order valence-electron chi connectivity index (χ0n) is 2.44. The Balaban J connectivity index is 2.85.